The second-order valence-electron chi connectivity index (χ2n) is 5.80. The van der Waals surface area contributed by atoms with Crippen molar-refractivity contribution in [3.8, 4) is 0 Å². The Balaban J connectivity index is 2.09. The lowest BCUT2D eigenvalue weighted by Crippen LogP contribution is -2.54. The zero-order valence-electron chi connectivity index (χ0n) is 13.0. The number of hydrogen-bond acceptors (Lipinski definition) is 4. The van der Waals surface area contributed by atoms with Crippen molar-refractivity contribution in [2.75, 3.05) is 26.9 Å². The molecule has 0 aromatic heterocycles. The molecule has 2 heterocycles. The fraction of sp³-hybridized carbons (Fsp3) is 0.867. The molecule has 2 amide bonds. The van der Waals surface area contributed by atoms with Gasteiger partial charge in [-0.15, -0.1) is 0 Å². The fourth-order valence-corrected chi connectivity index (χ4v) is 3.35. The first-order valence-electron chi connectivity index (χ1n) is 7.90. The Morgan fingerprint density at radius 3 is 2.67 bits per heavy atom. The van der Waals surface area contributed by atoms with Crippen molar-refractivity contribution in [1.82, 2.24) is 10.2 Å². The number of nitrogens with one attached hydrogen (secondary N) is 1. The Morgan fingerprint density at radius 2 is 2.05 bits per heavy atom. The second-order valence-corrected chi connectivity index (χ2v) is 5.80. The minimum absolute atomic E-state index is 0.0386. The van der Waals surface area contributed by atoms with Gasteiger partial charge in [0.15, 0.2) is 0 Å². The van der Waals surface area contributed by atoms with Gasteiger partial charge in [-0.25, -0.2) is 4.79 Å². The van der Waals surface area contributed by atoms with Gasteiger partial charge in [0.05, 0.1) is 7.11 Å². The number of nitrogens with zero attached hydrogens (tertiary/aromatic N) is 1. The van der Waals surface area contributed by atoms with E-state index >= 15 is 0 Å². The molecule has 0 aromatic rings. The van der Waals surface area contributed by atoms with E-state index in [4.69, 9.17) is 4.74 Å². The molecule has 0 radical (unpaired) electrons. The molecule has 1 unspecified atom stereocenters. The van der Waals surface area contributed by atoms with Crippen LogP contribution in [0.1, 0.15) is 39.0 Å². The largest absolute Gasteiger partial charge is 0.453 e. The van der Waals surface area contributed by atoms with Crippen molar-refractivity contribution in [3.05, 3.63) is 0 Å². The van der Waals surface area contributed by atoms with Crippen molar-refractivity contribution in [1.29, 1.82) is 0 Å². The zero-order chi connectivity index (χ0) is 15.2. The van der Waals surface area contributed by atoms with Gasteiger partial charge in [0.1, 0.15) is 6.04 Å². The Labute approximate surface area is 126 Å². The smallest absolute Gasteiger partial charge is 0.407 e. The molecule has 21 heavy (non-hydrogen) atoms. The minimum atomic E-state index is -0.535. The summed E-state index contributed by atoms with van der Waals surface area (Å²) in [5.74, 6) is 0.167. The van der Waals surface area contributed by atoms with E-state index in [-0.39, 0.29) is 11.8 Å². The Kier molecular flexibility index (Phi) is 5.85. The van der Waals surface area contributed by atoms with Gasteiger partial charge in [0.25, 0.3) is 0 Å². The van der Waals surface area contributed by atoms with Crippen LogP contribution in [-0.2, 0) is 14.3 Å². The molecule has 1 N–H and O–H groups in total. The van der Waals surface area contributed by atoms with Gasteiger partial charge in [0.2, 0.25) is 5.91 Å². The van der Waals surface area contributed by atoms with Crippen LogP contribution in [0.2, 0.25) is 0 Å². The second kappa shape index (κ2) is 7.64. The van der Waals surface area contributed by atoms with Crippen LogP contribution in [0.25, 0.3) is 0 Å². The maximum absolute atomic E-state index is 12.9. The van der Waals surface area contributed by atoms with Crippen LogP contribution in [-0.4, -0.2) is 55.9 Å². The molecular formula is C15H26N2O4. The summed E-state index contributed by atoms with van der Waals surface area (Å²) in [6.45, 7) is 4.19. The number of carbonyl (C=O) groups is 2. The highest BCUT2D eigenvalue weighted by Gasteiger charge is 2.37. The lowest BCUT2D eigenvalue weighted by atomic mass is 9.90. The van der Waals surface area contributed by atoms with Gasteiger partial charge < -0.3 is 19.7 Å². The SMILES string of the molecule is CC[C@@H]1CCCN1C(=O)C(NC(=O)OC)C1CCOCC1. The van der Waals surface area contributed by atoms with Crippen molar-refractivity contribution < 1.29 is 19.1 Å². The molecule has 120 valence electrons. The highest BCUT2D eigenvalue weighted by atomic mass is 16.5. The van der Waals surface area contributed by atoms with Crippen molar-refractivity contribution >= 4 is 12.0 Å². The summed E-state index contributed by atoms with van der Waals surface area (Å²) in [7, 11) is 1.32. The predicted octanol–water partition coefficient (Wildman–Crippen LogP) is 1.54. The van der Waals surface area contributed by atoms with Crippen LogP contribution in [0, 0.1) is 5.92 Å². The lowest BCUT2D eigenvalue weighted by Gasteiger charge is -2.34. The summed E-state index contributed by atoms with van der Waals surface area (Å²) < 4.78 is 10.0. The van der Waals surface area contributed by atoms with E-state index in [2.05, 4.69) is 17.0 Å². The number of carbonyl (C=O) groups excluding carboxylic acids is 2. The molecule has 0 aliphatic carbocycles. The number of rotatable bonds is 4. The lowest BCUT2D eigenvalue weighted by molar-refractivity contribution is -0.136. The molecule has 2 rings (SSSR count). The molecule has 0 aromatic carbocycles. The van der Waals surface area contributed by atoms with Gasteiger partial charge in [-0.05, 0) is 38.0 Å². The van der Waals surface area contributed by atoms with E-state index in [1.807, 2.05) is 4.90 Å². The molecule has 0 saturated carbocycles. The molecule has 0 spiro atoms. The van der Waals surface area contributed by atoms with E-state index in [9.17, 15) is 9.59 Å². The number of alkyl carbamates (subject to hydrolysis) is 1. The number of ether oxygens (including phenoxy) is 2. The van der Waals surface area contributed by atoms with Gasteiger partial charge >= 0.3 is 6.09 Å². The highest BCUT2D eigenvalue weighted by molar-refractivity contribution is 5.86. The average Bonchev–Trinajstić information content (AvgIpc) is 3.01. The molecular weight excluding hydrogens is 272 g/mol. The molecule has 2 atom stereocenters. The summed E-state index contributed by atoms with van der Waals surface area (Å²) in [6, 6.07) is -0.187. The van der Waals surface area contributed by atoms with Crippen LogP contribution >= 0.6 is 0 Å². The Bertz CT molecular complexity index is 369. The van der Waals surface area contributed by atoms with Gasteiger partial charge in [-0.3, -0.25) is 4.79 Å². The van der Waals surface area contributed by atoms with Crippen LogP contribution < -0.4 is 5.32 Å². The van der Waals surface area contributed by atoms with Crippen molar-refractivity contribution in [3.63, 3.8) is 0 Å². The summed E-state index contributed by atoms with van der Waals surface area (Å²) in [6.07, 6.45) is 4.12. The summed E-state index contributed by atoms with van der Waals surface area (Å²) >= 11 is 0. The van der Waals surface area contributed by atoms with Gasteiger partial charge in [0, 0.05) is 25.8 Å². The molecule has 2 aliphatic rings. The quantitative estimate of drug-likeness (QED) is 0.855. The first-order valence-corrected chi connectivity index (χ1v) is 7.90. The third-order valence-electron chi connectivity index (χ3n) is 4.59. The van der Waals surface area contributed by atoms with E-state index < -0.39 is 12.1 Å². The first kappa shape index (κ1) is 16.1. The Hall–Kier alpha value is -1.30. The minimum Gasteiger partial charge on any atom is -0.453 e. The third kappa shape index (κ3) is 3.87. The van der Waals surface area contributed by atoms with Gasteiger partial charge in [-0.2, -0.15) is 0 Å². The molecule has 2 aliphatic heterocycles. The Morgan fingerprint density at radius 1 is 1.33 bits per heavy atom. The summed E-state index contributed by atoms with van der Waals surface area (Å²) in [5.41, 5.74) is 0. The fourth-order valence-electron chi connectivity index (χ4n) is 3.35. The maximum Gasteiger partial charge on any atom is 0.407 e. The van der Waals surface area contributed by atoms with Crippen LogP contribution in [0.5, 0.6) is 0 Å². The zero-order valence-corrected chi connectivity index (χ0v) is 13.0. The monoisotopic (exact) mass is 298 g/mol. The van der Waals surface area contributed by atoms with Crippen molar-refractivity contribution in [2.24, 2.45) is 5.92 Å². The molecule has 6 nitrogen and oxygen atoms in total. The maximum atomic E-state index is 12.9. The number of likely N-dealkylation sites (tertiary alicyclic amines) is 1. The summed E-state index contributed by atoms with van der Waals surface area (Å²) in [5, 5.41) is 2.75. The standard InChI is InChI=1S/C15H26N2O4/c1-3-12-5-4-8-17(12)14(18)13(16-15(19)20-2)11-6-9-21-10-7-11/h11-13H,3-10H2,1-2H3,(H,16,19)/t12-,13?/m1/s1. The topological polar surface area (TPSA) is 67.9 Å². The number of amides is 2. The number of hydrogen-bond donors (Lipinski definition) is 1. The third-order valence-corrected chi connectivity index (χ3v) is 4.59. The highest BCUT2D eigenvalue weighted by Crippen LogP contribution is 2.25. The van der Waals surface area contributed by atoms with Crippen LogP contribution in [0.4, 0.5) is 4.79 Å². The van der Waals surface area contributed by atoms with Gasteiger partial charge in [-0.1, -0.05) is 6.92 Å². The molecule has 2 fully saturated rings. The molecule has 0 bridgehead atoms. The summed E-state index contributed by atoms with van der Waals surface area (Å²) in [4.78, 5) is 26.4. The molecule has 6 heteroatoms. The normalized spacial score (nSPS) is 24.7. The first-order chi connectivity index (χ1) is 10.2. The molecule has 2 saturated heterocycles. The van der Waals surface area contributed by atoms with E-state index in [0.29, 0.717) is 19.3 Å². The van der Waals surface area contributed by atoms with Crippen molar-refractivity contribution in [2.45, 2.75) is 51.1 Å². The van der Waals surface area contributed by atoms with E-state index in [0.717, 1.165) is 38.6 Å². The van der Waals surface area contributed by atoms with E-state index in [1.54, 1.807) is 0 Å². The van der Waals surface area contributed by atoms with E-state index in [1.165, 1.54) is 7.11 Å². The number of methoxy groups -OCH3 is 1. The van der Waals surface area contributed by atoms with Crippen LogP contribution in [0.3, 0.4) is 0 Å². The van der Waals surface area contributed by atoms with Crippen LogP contribution in [0.15, 0.2) is 0 Å². The predicted molar refractivity (Wildman–Crippen MR) is 77.9 cm³/mol. The average molecular weight is 298 g/mol.